The Balaban J connectivity index is 1.82. The van der Waals surface area contributed by atoms with Crippen LogP contribution in [0.1, 0.15) is 24.9 Å². The molecule has 0 bridgehead atoms. The number of rotatable bonds is 5. The number of benzene rings is 1. The molecular weight excluding hydrogens is 240 g/mol. The highest BCUT2D eigenvalue weighted by molar-refractivity contribution is 5.29. The van der Waals surface area contributed by atoms with Crippen molar-refractivity contribution >= 4 is 0 Å². The smallest absolute Gasteiger partial charge is 0.119 e. The highest BCUT2D eigenvalue weighted by Gasteiger charge is 2.18. The van der Waals surface area contributed by atoms with Gasteiger partial charge in [0.2, 0.25) is 0 Å². The predicted octanol–water partition coefficient (Wildman–Crippen LogP) is 1.81. The highest BCUT2D eigenvalue weighted by atomic mass is 16.5. The van der Waals surface area contributed by atoms with Gasteiger partial charge in [0.05, 0.1) is 6.61 Å². The van der Waals surface area contributed by atoms with Crippen LogP contribution in [-0.4, -0.2) is 44.4 Å². The monoisotopic (exact) mass is 264 g/mol. The summed E-state index contributed by atoms with van der Waals surface area (Å²) in [7, 11) is 2.11. The predicted molar refractivity (Wildman–Crippen MR) is 76.4 cm³/mol. The zero-order valence-electron chi connectivity index (χ0n) is 11.8. The van der Waals surface area contributed by atoms with Crippen LogP contribution in [0.25, 0.3) is 0 Å². The molecule has 4 heteroatoms. The number of nitrogens with zero attached hydrogens (tertiary/aromatic N) is 1. The van der Waals surface area contributed by atoms with E-state index in [1.165, 1.54) is 0 Å². The van der Waals surface area contributed by atoms with Gasteiger partial charge in [-0.1, -0.05) is 19.1 Å². The van der Waals surface area contributed by atoms with E-state index in [0.29, 0.717) is 6.61 Å². The average Bonchev–Trinajstić information content (AvgIpc) is 2.45. The Morgan fingerprint density at radius 3 is 2.79 bits per heavy atom. The van der Waals surface area contributed by atoms with Crippen molar-refractivity contribution < 1.29 is 9.47 Å². The van der Waals surface area contributed by atoms with E-state index < -0.39 is 0 Å². The Hall–Kier alpha value is -1.10. The van der Waals surface area contributed by atoms with E-state index in [9.17, 15) is 0 Å². The van der Waals surface area contributed by atoms with Gasteiger partial charge in [-0.2, -0.15) is 0 Å². The molecule has 0 saturated carbocycles. The summed E-state index contributed by atoms with van der Waals surface area (Å²) in [5.41, 5.74) is 7.14. The van der Waals surface area contributed by atoms with Crippen molar-refractivity contribution in [3.8, 4) is 5.75 Å². The van der Waals surface area contributed by atoms with Crippen LogP contribution >= 0.6 is 0 Å². The fraction of sp³-hybridized carbons (Fsp3) is 0.600. The third kappa shape index (κ3) is 4.20. The Kier molecular flexibility index (Phi) is 5.19. The Labute approximate surface area is 115 Å². The lowest BCUT2D eigenvalue weighted by molar-refractivity contribution is -0.0403. The molecule has 1 aromatic carbocycles. The second kappa shape index (κ2) is 6.89. The van der Waals surface area contributed by atoms with E-state index in [2.05, 4.69) is 18.9 Å². The third-order valence-corrected chi connectivity index (χ3v) is 3.53. The van der Waals surface area contributed by atoms with Crippen LogP contribution in [0, 0.1) is 0 Å². The van der Waals surface area contributed by atoms with Crippen molar-refractivity contribution in [2.45, 2.75) is 25.5 Å². The van der Waals surface area contributed by atoms with E-state index in [-0.39, 0.29) is 12.1 Å². The second-order valence-electron chi connectivity index (χ2n) is 5.15. The second-order valence-corrected chi connectivity index (χ2v) is 5.15. The topological polar surface area (TPSA) is 47.7 Å². The zero-order valence-corrected chi connectivity index (χ0v) is 11.8. The van der Waals surface area contributed by atoms with E-state index in [1.807, 2.05) is 24.3 Å². The molecule has 1 aromatic rings. The van der Waals surface area contributed by atoms with Gasteiger partial charge in [0.15, 0.2) is 0 Å². The van der Waals surface area contributed by atoms with Gasteiger partial charge in [-0.05, 0) is 31.2 Å². The van der Waals surface area contributed by atoms with Crippen LogP contribution in [0.2, 0.25) is 0 Å². The first-order valence-electron chi connectivity index (χ1n) is 6.97. The third-order valence-electron chi connectivity index (χ3n) is 3.53. The lowest BCUT2D eigenvalue weighted by atomic mass is 10.1. The Morgan fingerprint density at radius 2 is 2.16 bits per heavy atom. The summed E-state index contributed by atoms with van der Waals surface area (Å²) in [4.78, 5) is 2.26. The maximum Gasteiger partial charge on any atom is 0.119 e. The molecule has 2 N–H and O–H groups in total. The molecule has 4 nitrogen and oxygen atoms in total. The summed E-state index contributed by atoms with van der Waals surface area (Å²) in [5.74, 6) is 0.879. The van der Waals surface area contributed by atoms with Crippen molar-refractivity contribution in [3.05, 3.63) is 29.8 Å². The van der Waals surface area contributed by atoms with Crippen LogP contribution in [-0.2, 0) is 4.74 Å². The molecule has 1 fully saturated rings. The molecule has 19 heavy (non-hydrogen) atoms. The largest absolute Gasteiger partial charge is 0.491 e. The standard InChI is InChI=1S/C15H24N2O2/c1-3-15(16)12-4-6-13(7-5-12)19-11-14-10-17(2)8-9-18-14/h4-7,14-15H,3,8-11,16H2,1-2H3/t14?,15-/m1/s1. The normalized spacial score (nSPS) is 22.2. The lowest BCUT2D eigenvalue weighted by Crippen LogP contribution is -2.42. The quantitative estimate of drug-likeness (QED) is 0.881. The SMILES string of the molecule is CC[C@@H](N)c1ccc(OCC2CN(C)CCO2)cc1. The molecular formula is C15H24N2O2. The first-order valence-corrected chi connectivity index (χ1v) is 6.97. The van der Waals surface area contributed by atoms with Gasteiger partial charge in [-0.15, -0.1) is 0 Å². The van der Waals surface area contributed by atoms with E-state index in [4.69, 9.17) is 15.2 Å². The Bertz CT molecular complexity index is 380. The molecule has 0 spiro atoms. The fourth-order valence-electron chi connectivity index (χ4n) is 2.20. The van der Waals surface area contributed by atoms with Gasteiger partial charge >= 0.3 is 0 Å². The fourth-order valence-corrected chi connectivity index (χ4v) is 2.20. The maximum atomic E-state index is 5.98. The van der Waals surface area contributed by atoms with Crippen molar-refractivity contribution in [2.24, 2.45) is 5.73 Å². The van der Waals surface area contributed by atoms with Crippen LogP contribution in [0.4, 0.5) is 0 Å². The average molecular weight is 264 g/mol. The van der Waals surface area contributed by atoms with Crippen molar-refractivity contribution in [1.82, 2.24) is 4.90 Å². The molecule has 0 amide bonds. The zero-order chi connectivity index (χ0) is 13.7. The molecule has 1 saturated heterocycles. The number of morpholine rings is 1. The minimum atomic E-state index is 0.115. The lowest BCUT2D eigenvalue weighted by Gasteiger charge is -2.29. The van der Waals surface area contributed by atoms with Crippen LogP contribution in [0.5, 0.6) is 5.75 Å². The first-order chi connectivity index (χ1) is 9.19. The summed E-state index contributed by atoms with van der Waals surface area (Å²) in [6.07, 6.45) is 1.11. The number of hydrogen-bond acceptors (Lipinski definition) is 4. The van der Waals surface area contributed by atoms with Gasteiger partial charge in [-0.25, -0.2) is 0 Å². The van der Waals surface area contributed by atoms with E-state index in [0.717, 1.165) is 37.4 Å². The molecule has 2 atom stereocenters. The molecule has 1 aliphatic rings. The summed E-state index contributed by atoms with van der Waals surface area (Å²) < 4.78 is 11.4. The molecule has 106 valence electrons. The first kappa shape index (κ1) is 14.3. The van der Waals surface area contributed by atoms with Gasteiger partial charge in [0.25, 0.3) is 0 Å². The number of hydrogen-bond donors (Lipinski definition) is 1. The maximum absolute atomic E-state index is 5.98. The highest BCUT2D eigenvalue weighted by Crippen LogP contribution is 2.18. The van der Waals surface area contributed by atoms with Crippen molar-refractivity contribution in [1.29, 1.82) is 0 Å². The molecule has 1 aliphatic heterocycles. The number of likely N-dealkylation sites (N-methyl/N-ethyl adjacent to an activating group) is 1. The van der Waals surface area contributed by atoms with Gasteiger partial charge < -0.3 is 20.1 Å². The summed E-state index contributed by atoms with van der Waals surface area (Å²) in [5, 5.41) is 0. The van der Waals surface area contributed by atoms with Crippen LogP contribution in [0.15, 0.2) is 24.3 Å². The minimum absolute atomic E-state index is 0.115. The molecule has 1 heterocycles. The van der Waals surface area contributed by atoms with E-state index >= 15 is 0 Å². The molecule has 2 rings (SSSR count). The van der Waals surface area contributed by atoms with Gasteiger partial charge in [0.1, 0.15) is 18.5 Å². The summed E-state index contributed by atoms with van der Waals surface area (Å²) >= 11 is 0. The van der Waals surface area contributed by atoms with Gasteiger partial charge in [-0.3, -0.25) is 0 Å². The molecule has 1 unspecified atom stereocenters. The van der Waals surface area contributed by atoms with E-state index in [1.54, 1.807) is 0 Å². The minimum Gasteiger partial charge on any atom is -0.491 e. The summed E-state index contributed by atoms with van der Waals surface area (Å²) in [6, 6.07) is 8.16. The summed E-state index contributed by atoms with van der Waals surface area (Å²) in [6.45, 7) is 5.41. The molecule has 0 aromatic heterocycles. The number of ether oxygens (including phenoxy) is 2. The van der Waals surface area contributed by atoms with Crippen molar-refractivity contribution in [2.75, 3.05) is 33.4 Å². The number of nitrogens with two attached hydrogens (primary N) is 1. The van der Waals surface area contributed by atoms with Crippen LogP contribution in [0.3, 0.4) is 0 Å². The Morgan fingerprint density at radius 1 is 1.42 bits per heavy atom. The molecule has 0 aliphatic carbocycles. The van der Waals surface area contributed by atoms with Crippen molar-refractivity contribution in [3.63, 3.8) is 0 Å². The van der Waals surface area contributed by atoms with Gasteiger partial charge in [0, 0.05) is 19.1 Å². The molecule has 0 radical (unpaired) electrons. The van der Waals surface area contributed by atoms with Crippen LogP contribution < -0.4 is 10.5 Å².